The summed E-state index contributed by atoms with van der Waals surface area (Å²) >= 11 is 0. The molecule has 6 nitrogen and oxygen atoms in total. The molecule has 1 fully saturated rings. The molecule has 2 rings (SSSR count). The summed E-state index contributed by atoms with van der Waals surface area (Å²) in [7, 11) is 0. The molecule has 0 spiro atoms. The van der Waals surface area contributed by atoms with Gasteiger partial charge in [-0.2, -0.15) is 13.2 Å². The lowest BCUT2D eigenvalue weighted by atomic mass is 9.82. The molecule has 0 radical (unpaired) electrons. The van der Waals surface area contributed by atoms with Crippen molar-refractivity contribution in [3.8, 4) is 0 Å². The molecule has 1 aliphatic heterocycles. The van der Waals surface area contributed by atoms with Gasteiger partial charge in [-0.15, -0.1) is 0 Å². The third-order valence-electron chi connectivity index (χ3n) is 3.78. The molecule has 132 valence electrons. The maximum absolute atomic E-state index is 13.4. The first-order valence-corrected chi connectivity index (χ1v) is 7.21. The van der Waals surface area contributed by atoms with Gasteiger partial charge in [0.2, 0.25) is 0 Å². The summed E-state index contributed by atoms with van der Waals surface area (Å²) in [5.41, 5.74) is -2.65. The number of esters is 1. The highest BCUT2D eigenvalue weighted by Gasteiger charge is 2.67. The van der Waals surface area contributed by atoms with Gasteiger partial charge in [-0.1, -0.05) is 29.8 Å². The SMILES string of the molecule is CCOC(=O)C1C(c2ccc(C)cc2)NC(=O)NC1(O)C(F)(F)F. The normalized spacial score (nSPS) is 27.2. The van der Waals surface area contributed by atoms with Gasteiger partial charge in [0.1, 0.15) is 5.92 Å². The third kappa shape index (κ3) is 3.16. The van der Waals surface area contributed by atoms with E-state index < -0.39 is 35.9 Å². The molecule has 3 unspecified atom stereocenters. The predicted molar refractivity (Wildman–Crippen MR) is 76.7 cm³/mol. The molecule has 0 saturated carbocycles. The van der Waals surface area contributed by atoms with E-state index in [1.807, 2.05) is 0 Å². The average molecular weight is 346 g/mol. The molecule has 1 saturated heterocycles. The number of rotatable bonds is 3. The monoisotopic (exact) mass is 346 g/mol. The zero-order valence-corrected chi connectivity index (χ0v) is 13.0. The lowest BCUT2D eigenvalue weighted by Crippen LogP contribution is -2.73. The molecule has 0 bridgehead atoms. The average Bonchev–Trinajstić information content (AvgIpc) is 2.46. The minimum atomic E-state index is -5.27. The number of nitrogens with one attached hydrogen (secondary N) is 2. The van der Waals surface area contributed by atoms with Gasteiger partial charge in [-0.25, -0.2) is 4.79 Å². The van der Waals surface area contributed by atoms with Crippen molar-refractivity contribution in [2.24, 2.45) is 5.92 Å². The Labute approximate surface area is 136 Å². The van der Waals surface area contributed by atoms with E-state index in [1.54, 1.807) is 19.1 Å². The lowest BCUT2D eigenvalue weighted by Gasteiger charge is -2.44. The van der Waals surface area contributed by atoms with Gasteiger partial charge in [0.15, 0.2) is 0 Å². The Kier molecular flexibility index (Phi) is 4.75. The van der Waals surface area contributed by atoms with E-state index in [9.17, 15) is 27.9 Å². The van der Waals surface area contributed by atoms with Crippen LogP contribution in [0.25, 0.3) is 0 Å². The Morgan fingerprint density at radius 3 is 2.42 bits per heavy atom. The van der Waals surface area contributed by atoms with E-state index in [0.29, 0.717) is 0 Å². The van der Waals surface area contributed by atoms with Crippen molar-refractivity contribution in [2.75, 3.05) is 6.61 Å². The van der Waals surface area contributed by atoms with Crippen LogP contribution in [-0.2, 0) is 9.53 Å². The second-order valence-corrected chi connectivity index (χ2v) is 5.48. The summed E-state index contributed by atoms with van der Waals surface area (Å²) in [6.45, 7) is 3.04. The Morgan fingerprint density at radius 1 is 1.33 bits per heavy atom. The van der Waals surface area contributed by atoms with Crippen molar-refractivity contribution < 1.29 is 32.6 Å². The molecule has 24 heavy (non-hydrogen) atoms. The topological polar surface area (TPSA) is 87.7 Å². The van der Waals surface area contributed by atoms with Crippen LogP contribution in [0.2, 0.25) is 0 Å². The molecule has 1 aliphatic rings. The van der Waals surface area contributed by atoms with Crippen LogP contribution in [0, 0.1) is 12.8 Å². The van der Waals surface area contributed by atoms with Crippen molar-refractivity contribution in [2.45, 2.75) is 31.8 Å². The number of hydrogen-bond donors (Lipinski definition) is 3. The van der Waals surface area contributed by atoms with Gasteiger partial charge >= 0.3 is 18.2 Å². The maximum Gasteiger partial charge on any atom is 0.437 e. The fourth-order valence-corrected chi connectivity index (χ4v) is 2.59. The van der Waals surface area contributed by atoms with Crippen LogP contribution >= 0.6 is 0 Å². The number of halogens is 3. The summed E-state index contributed by atoms with van der Waals surface area (Å²) in [5, 5.41) is 13.8. The largest absolute Gasteiger partial charge is 0.466 e. The summed E-state index contributed by atoms with van der Waals surface area (Å²) in [6, 6.07) is 3.57. The maximum atomic E-state index is 13.4. The summed E-state index contributed by atoms with van der Waals surface area (Å²) < 4.78 is 44.9. The number of amides is 2. The molecular weight excluding hydrogens is 329 g/mol. The first-order valence-electron chi connectivity index (χ1n) is 7.21. The van der Waals surface area contributed by atoms with E-state index >= 15 is 0 Å². The number of urea groups is 1. The van der Waals surface area contributed by atoms with Crippen LogP contribution in [0.3, 0.4) is 0 Å². The van der Waals surface area contributed by atoms with Crippen LogP contribution < -0.4 is 10.6 Å². The minimum absolute atomic E-state index is 0.169. The van der Waals surface area contributed by atoms with Crippen molar-refractivity contribution in [3.63, 3.8) is 0 Å². The molecule has 2 amide bonds. The molecular formula is C15H17F3N2O4. The van der Waals surface area contributed by atoms with Crippen LogP contribution in [0.1, 0.15) is 24.1 Å². The number of benzene rings is 1. The fourth-order valence-electron chi connectivity index (χ4n) is 2.59. The molecule has 3 N–H and O–H groups in total. The lowest BCUT2D eigenvalue weighted by molar-refractivity contribution is -0.294. The van der Waals surface area contributed by atoms with E-state index in [1.165, 1.54) is 24.4 Å². The van der Waals surface area contributed by atoms with Gasteiger partial charge in [0, 0.05) is 0 Å². The molecule has 0 aromatic heterocycles. The number of aliphatic hydroxyl groups is 1. The number of alkyl halides is 3. The zero-order valence-electron chi connectivity index (χ0n) is 13.0. The van der Waals surface area contributed by atoms with Gasteiger partial charge in [0.05, 0.1) is 12.6 Å². The molecule has 3 atom stereocenters. The fraction of sp³-hybridized carbons (Fsp3) is 0.467. The van der Waals surface area contributed by atoms with Gasteiger partial charge in [-0.05, 0) is 19.4 Å². The third-order valence-corrected chi connectivity index (χ3v) is 3.78. The number of aryl methyl sites for hydroxylation is 1. The van der Waals surface area contributed by atoms with E-state index in [0.717, 1.165) is 5.56 Å². The van der Waals surface area contributed by atoms with Crippen molar-refractivity contribution in [1.82, 2.24) is 10.6 Å². The van der Waals surface area contributed by atoms with Crippen LogP contribution in [0.15, 0.2) is 24.3 Å². The van der Waals surface area contributed by atoms with Gasteiger partial charge in [0.25, 0.3) is 5.72 Å². The number of ether oxygens (including phenoxy) is 1. The quantitative estimate of drug-likeness (QED) is 0.728. The first kappa shape index (κ1) is 18.1. The Bertz CT molecular complexity index is 633. The van der Waals surface area contributed by atoms with Gasteiger partial charge in [-0.3, -0.25) is 4.79 Å². The predicted octanol–water partition coefficient (Wildman–Crippen LogP) is 1.78. The second-order valence-electron chi connectivity index (χ2n) is 5.48. The van der Waals surface area contributed by atoms with Crippen LogP contribution in [0.4, 0.5) is 18.0 Å². The number of hydrogen-bond acceptors (Lipinski definition) is 4. The molecule has 9 heteroatoms. The molecule has 1 heterocycles. The van der Waals surface area contributed by atoms with Crippen molar-refractivity contribution in [3.05, 3.63) is 35.4 Å². The smallest absolute Gasteiger partial charge is 0.437 e. The zero-order chi connectivity index (χ0) is 18.1. The first-order chi connectivity index (χ1) is 11.1. The van der Waals surface area contributed by atoms with Crippen LogP contribution in [-0.4, -0.2) is 35.6 Å². The summed E-state index contributed by atoms with van der Waals surface area (Å²) in [6.07, 6.45) is -5.27. The molecule has 1 aromatic carbocycles. The molecule has 1 aromatic rings. The number of carbonyl (C=O) groups excluding carboxylic acids is 2. The minimum Gasteiger partial charge on any atom is -0.466 e. The number of carbonyl (C=O) groups is 2. The standard InChI is InChI=1S/C15H17F3N2O4/c1-3-24-12(21)10-11(9-6-4-8(2)5-7-9)19-13(22)20-14(10,23)15(16,17)18/h4-7,10-11,23H,3H2,1-2H3,(H2,19,20,22). The molecule has 0 aliphatic carbocycles. The van der Waals surface area contributed by atoms with Gasteiger partial charge < -0.3 is 20.5 Å². The van der Waals surface area contributed by atoms with Crippen molar-refractivity contribution in [1.29, 1.82) is 0 Å². The van der Waals surface area contributed by atoms with E-state index in [-0.39, 0.29) is 12.2 Å². The Balaban J connectivity index is 2.55. The Morgan fingerprint density at radius 2 is 1.92 bits per heavy atom. The summed E-state index contributed by atoms with van der Waals surface area (Å²) in [5.74, 6) is -3.37. The highest BCUT2D eigenvalue weighted by molar-refractivity contribution is 5.83. The Hall–Kier alpha value is -2.29. The van der Waals surface area contributed by atoms with E-state index in [4.69, 9.17) is 4.74 Å². The van der Waals surface area contributed by atoms with Crippen molar-refractivity contribution >= 4 is 12.0 Å². The highest BCUT2D eigenvalue weighted by Crippen LogP contribution is 2.43. The van der Waals surface area contributed by atoms with Crippen LogP contribution in [0.5, 0.6) is 0 Å². The highest BCUT2D eigenvalue weighted by atomic mass is 19.4. The van der Waals surface area contributed by atoms with E-state index in [2.05, 4.69) is 5.32 Å². The summed E-state index contributed by atoms with van der Waals surface area (Å²) in [4.78, 5) is 23.8. The second kappa shape index (κ2) is 6.31.